The molecular weight excluding hydrogens is 270 g/mol. The van der Waals surface area contributed by atoms with Crippen molar-refractivity contribution in [1.82, 2.24) is 5.32 Å². The Hall–Kier alpha value is -1.12. The van der Waals surface area contributed by atoms with Gasteiger partial charge in [-0.25, -0.2) is 0 Å². The van der Waals surface area contributed by atoms with Gasteiger partial charge in [-0.3, -0.25) is 0 Å². The van der Waals surface area contributed by atoms with E-state index in [-0.39, 0.29) is 0 Å². The van der Waals surface area contributed by atoms with Crippen molar-refractivity contribution in [3.05, 3.63) is 47.5 Å². The smallest absolute Gasteiger partial charge is 0.0689 e. The summed E-state index contributed by atoms with van der Waals surface area (Å²) < 4.78 is 5.58. The molecule has 2 aliphatic carbocycles. The fraction of sp³-hybridized carbons (Fsp3) is 0.600. The standard InChI is InChI=1S/C20H27NO/c1-2-8-16(9-3-1)19-17-10-4-5-11-18(17)20(19)21-13-15-7-6-12-22-14-15/h1-3,7-9,17-21H,4-6,10-14H2/t17-,18+,19-,20-/m0/s1. The van der Waals surface area contributed by atoms with Gasteiger partial charge in [-0.05, 0) is 42.2 Å². The van der Waals surface area contributed by atoms with Crippen LogP contribution in [0.3, 0.4) is 0 Å². The molecule has 1 aliphatic heterocycles. The van der Waals surface area contributed by atoms with Gasteiger partial charge < -0.3 is 10.1 Å². The Kier molecular flexibility index (Phi) is 4.31. The predicted octanol–water partition coefficient (Wildman–Crippen LogP) is 3.90. The number of rotatable bonds is 4. The first-order valence-electron chi connectivity index (χ1n) is 8.97. The highest BCUT2D eigenvalue weighted by atomic mass is 16.5. The van der Waals surface area contributed by atoms with Crippen molar-refractivity contribution in [2.24, 2.45) is 11.8 Å². The van der Waals surface area contributed by atoms with Gasteiger partial charge in [0.1, 0.15) is 0 Å². The summed E-state index contributed by atoms with van der Waals surface area (Å²) >= 11 is 0. The third kappa shape index (κ3) is 2.75. The van der Waals surface area contributed by atoms with Gasteiger partial charge in [0.15, 0.2) is 0 Å². The van der Waals surface area contributed by atoms with Crippen LogP contribution >= 0.6 is 0 Å². The molecule has 2 heteroatoms. The van der Waals surface area contributed by atoms with Crippen molar-refractivity contribution in [1.29, 1.82) is 0 Å². The molecular formula is C20H27NO. The quantitative estimate of drug-likeness (QED) is 0.851. The lowest BCUT2D eigenvalue weighted by molar-refractivity contribution is 0.0272. The van der Waals surface area contributed by atoms with Crippen LogP contribution in [0.25, 0.3) is 0 Å². The van der Waals surface area contributed by atoms with Gasteiger partial charge in [0.05, 0.1) is 13.2 Å². The molecule has 22 heavy (non-hydrogen) atoms. The molecule has 1 aromatic rings. The third-order valence-electron chi connectivity index (χ3n) is 5.92. The summed E-state index contributed by atoms with van der Waals surface area (Å²) in [6.45, 7) is 2.73. The first-order chi connectivity index (χ1) is 10.9. The van der Waals surface area contributed by atoms with E-state index >= 15 is 0 Å². The van der Waals surface area contributed by atoms with E-state index in [1.807, 2.05) is 0 Å². The molecule has 4 atom stereocenters. The highest BCUT2D eigenvalue weighted by Gasteiger charge is 2.50. The molecule has 2 fully saturated rings. The van der Waals surface area contributed by atoms with Gasteiger partial charge in [-0.2, -0.15) is 0 Å². The van der Waals surface area contributed by atoms with Crippen molar-refractivity contribution in [2.75, 3.05) is 19.8 Å². The van der Waals surface area contributed by atoms with E-state index in [1.54, 1.807) is 0 Å². The molecule has 0 saturated heterocycles. The summed E-state index contributed by atoms with van der Waals surface area (Å²) in [7, 11) is 0. The minimum Gasteiger partial charge on any atom is -0.377 e. The predicted molar refractivity (Wildman–Crippen MR) is 89.9 cm³/mol. The van der Waals surface area contributed by atoms with Crippen LogP contribution < -0.4 is 5.32 Å². The van der Waals surface area contributed by atoms with Crippen molar-refractivity contribution >= 4 is 0 Å². The van der Waals surface area contributed by atoms with E-state index in [1.165, 1.54) is 36.8 Å². The highest BCUT2D eigenvalue weighted by molar-refractivity contribution is 5.28. The molecule has 0 unspecified atom stereocenters. The normalized spacial score (nSPS) is 34.5. The monoisotopic (exact) mass is 297 g/mol. The van der Waals surface area contributed by atoms with Gasteiger partial charge in [0, 0.05) is 18.5 Å². The number of hydrogen-bond donors (Lipinski definition) is 1. The summed E-state index contributed by atoms with van der Waals surface area (Å²) in [5.41, 5.74) is 2.98. The molecule has 0 aromatic heterocycles. The number of hydrogen-bond acceptors (Lipinski definition) is 2. The van der Waals surface area contributed by atoms with E-state index in [4.69, 9.17) is 4.74 Å². The molecule has 118 valence electrons. The average Bonchev–Trinajstić information content (AvgIpc) is 2.58. The van der Waals surface area contributed by atoms with Gasteiger partial charge in [0.25, 0.3) is 0 Å². The number of fused-ring (bicyclic) bond motifs is 1. The molecule has 0 radical (unpaired) electrons. The van der Waals surface area contributed by atoms with Crippen LogP contribution in [0.5, 0.6) is 0 Å². The first-order valence-corrected chi connectivity index (χ1v) is 8.97. The number of benzene rings is 1. The lowest BCUT2D eigenvalue weighted by Gasteiger charge is -2.55. The summed E-state index contributed by atoms with van der Waals surface area (Å²) in [6.07, 6.45) is 9.14. The Labute approximate surface area is 133 Å². The van der Waals surface area contributed by atoms with E-state index in [0.717, 1.165) is 43.9 Å². The van der Waals surface area contributed by atoms with Gasteiger partial charge in [-0.15, -0.1) is 0 Å². The third-order valence-corrected chi connectivity index (χ3v) is 5.92. The van der Waals surface area contributed by atoms with Crippen LogP contribution in [0.15, 0.2) is 42.0 Å². The van der Waals surface area contributed by atoms with Crippen LogP contribution in [0.4, 0.5) is 0 Å². The Morgan fingerprint density at radius 2 is 1.86 bits per heavy atom. The zero-order chi connectivity index (χ0) is 14.8. The van der Waals surface area contributed by atoms with Crippen LogP contribution in [-0.4, -0.2) is 25.8 Å². The van der Waals surface area contributed by atoms with Crippen LogP contribution in [0.1, 0.15) is 43.6 Å². The zero-order valence-electron chi connectivity index (χ0n) is 13.3. The minimum absolute atomic E-state index is 0.663. The summed E-state index contributed by atoms with van der Waals surface area (Å²) in [6, 6.07) is 11.8. The molecule has 2 nitrogen and oxygen atoms in total. The largest absolute Gasteiger partial charge is 0.377 e. The van der Waals surface area contributed by atoms with E-state index in [0.29, 0.717) is 6.04 Å². The summed E-state index contributed by atoms with van der Waals surface area (Å²) in [5.74, 6) is 2.52. The first kappa shape index (κ1) is 14.5. The van der Waals surface area contributed by atoms with E-state index in [9.17, 15) is 0 Å². The fourth-order valence-electron chi connectivity index (χ4n) is 4.86. The van der Waals surface area contributed by atoms with E-state index < -0.39 is 0 Å². The molecule has 2 saturated carbocycles. The maximum atomic E-state index is 5.58. The second-order valence-corrected chi connectivity index (χ2v) is 7.16. The second kappa shape index (κ2) is 6.55. The second-order valence-electron chi connectivity index (χ2n) is 7.16. The topological polar surface area (TPSA) is 21.3 Å². The molecule has 0 amide bonds. The Morgan fingerprint density at radius 3 is 2.64 bits per heavy atom. The van der Waals surface area contributed by atoms with Crippen molar-refractivity contribution in [2.45, 2.75) is 44.1 Å². The molecule has 0 bridgehead atoms. The van der Waals surface area contributed by atoms with Crippen molar-refractivity contribution in [3.8, 4) is 0 Å². The maximum Gasteiger partial charge on any atom is 0.0689 e. The molecule has 3 aliphatic rings. The van der Waals surface area contributed by atoms with Gasteiger partial charge in [-0.1, -0.05) is 49.2 Å². The molecule has 1 aromatic carbocycles. The van der Waals surface area contributed by atoms with Crippen molar-refractivity contribution in [3.63, 3.8) is 0 Å². The molecule has 4 rings (SSSR count). The fourth-order valence-corrected chi connectivity index (χ4v) is 4.86. The lowest BCUT2D eigenvalue weighted by atomic mass is 9.53. The van der Waals surface area contributed by atoms with Crippen molar-refractivity contribution < 1.29 is 4.74 Å². The van der Waals surface area contributed by atoms with E-state index in [2.05, 4.69) is 41.7 Å². The molecule has 1 heterocycles. The highest BCUT2D eigenvalue weighted by Crippen LogP contribution is 2.54. The average molecular weight is 297 g/mol. The van der Waals surface area contributed by atoms with Crippen LogP contribution in [-0.2, 0) is 4.74 Å². The number of nitrogens with one attached hydrogen (secondary N) is 1. The summed E-state index contributed by atoms with van der Waals surface area (Å²) in [5, 5.41) is 3.89. The lowest BCUT2D eigenvalue weighted by Crippen LogP contribution is -2.58. The van der Waals surface area contributed by atoms with Gasteiger partial charge >= 0.3 is 0 Å². The Bertz CT molecular complexity index is 524. The Morgan fingerprint density at radius 1 is 1.05 bits per heavy atom. The van der Waals surface area contributed by atoms with Gasteiger partial charge in [0.2, 0.25) is 0 Å². The zero-order valence-corrected chi connectivity index (χ0v) is 13.3. The number of ether oxygens (including phenoxy) is 1. The summed E-state index contributed by atoms with van der Waals surface area (Å²) in [4.78, 5) is 0. The minimum atomic E-state index is 0.663. The van der Waals surface area contributed by atoms with Crippen LogP contribution in [0, 0.1) is 11.8 Å². The molecule has 1 N–H and O–H groups in total. The maximum absolute atomic E-state index is 5.58. The molecule has 0 spiro atoms. The van der Waals surface area contributed by atoms with Crippen LogP contribution in [0.2, 0.25) is 0 Å². The Balaban J connectivity index is 1.47. The SMILES string of the molecule is C1=C(CN[C@H]2[C@@H]3CCCC[C@@H]3[C@@H]2c2ccccc2)COCC1.